The van der Waals surface area contributed by atoms with Crippen molar-refractivity contribution in [3.05, 3.63) is 36.6 Å². The van der Waals surface area contributed by atoms with Crippen molar-refractivity contribution >= 4 is 46.1 Å². The fourth-order valence-electron chi connectivity index (χ4n) is 4.14. The molecule has 9 heteroatoms. The van der Waals surface area contributed by atoms with Crippen LogP contribution in [0, 0.1) is 5.92 Å². The second-order valence-electron chi connectivity index (χ2n) is 8.45. The summed E-state index contributed by atoms with van der Waals surface area (Å²) >= 11 is 0. The van der Waals surface area contributed by atoms with Crippen LogP contribution >= 0.6 is 0 Å². The van der Waals surface area contributed by atoms with E-state index in [-0.39, 0.29) is 11.9 Å². The maximum Gasteiger partial charge on any atom is 0.306 e. The molecule has 0 aliphatic carbocycles. The molecule has 180 valence electrons. The van der Waals surface area contributed by atoms with E-state index in [2.05, 4.69) is 20.5 Å². The fraction of sp³-hybridized carbons (Fsp3) is 0.440. The van der Waals surface area contributed by atoms with Gasteiger partial charge < -0.3 is 24.7 Å². The highest BCUT2D eigenvalue weighted by Crippen LogP contribution is 2.31. The number of hydrogen-bond acceptors (Lipinski definition) is 8. The van der Waals surface area contributed by atoms with E-state index in [1.54, 1.807) is 6.26 Å². The number of rotatable bonds is 9. The molecule has 4 rings (SSSR count). The number of fused-ring (bicyclic) bond motifs is 1. The van der Waals surface area contributed by atoms with Gasteiger partial charge in [0.25, 0.3) is 0 Å². The molecule has 0 unspecified atom stereocenters. The summed E-state index contributed by atoms with van der Waals surface area (Å²) in [7, 11) is 0. The molecule has 0 saturated carbocycles. The minimum Gasteiger partial charge on any atom is -0.466 e. The molecule has 1 aliphatic heterocycles. The molecule has 0 atom stereocenters. The van der Waals surface area contributed by atoms with Crippen molar-refractivity contribution in [2.45, 2.75) is 46.0 Å². The van der Waals surface area contributed by atoms with Gasteiger partial charge >= 0.3 is 5.97 Å². The number of furan rings is 1. The molecular weight excluding hydrogens is 434 g/mol. The molecule has 1 aromatic carbocycles. The number of carbonyl (C=O) groups excluding carboxylic acids is 2. The summed E-state index contributed by atoms with van der Waals surface area (Å²) in [5.41, 5.74) is 2.95. The van der Waals surface area contributed by atoms with E-state index < -0.39 is 0 Å². The average Bonchev–Trinajstić information content (AvgIpc) is 3.29. The normalized spacial score (nSPS) is 14.2. The Kier molecular flexibility index (Phi) is 7.61. The van der Waals surface area contributed by atoms with Gasteiger partial charge in [0.2, 0.25) is 11.9 Å². The van der Waals surface area contributed by atoms with Gasteiger partial charge in [0.1, 0.15) is 5.52 Å². The third-order valence-corrected chi connectivity index (χ3v) is 5.86. The van der Waals surface area contributed by atoms with Gasteiger partial charge in [-0.25, -0.2) is 4.98 Å². The first kappa shape index (κ1) is 23.5. The summed E-state index contributed by atoms with van der Waals surface area (Å²) in [5, 5.41) is 6.14. The Bertz CT molecular complexity index is 1120. The molecule has 1 aliphatic rings. The maximum atomic E-state index is 11.8. The van der Waals surface area contributed by atoms with Gasteiger partial charge in [0, 0.05) is 43.4 Å². The minimum absolute atomic E-state index is 0.00706. The summed E-state index contributed by atoms with van der Waals surface area (Å²) in [5.74, 6) is 1.42. The van der Waals surface area contributed by atoms with Crippen LogP contribution < -0.4 is 15.5 Å². The number of benzene rings is 1. The smallest absolute Gasteiger partial charge is 0.306 e. The fourth-order valence-corrected chi connectivity index (χ4v) is 4.14. The summed E-state index contributed by atoms with van der Waals surface area (Å²) in [6, 6.07) is 9.28. The molecule has 9 nitrogen and oxygen atoms in total. The molecule has 2 N–H and O–H groups in total. The minimum atomic E-state index is -0.126. The largest absolute Gasteiger partial charge is 0.466 e. The maximum absolute atomic E-state index is 11.8. The molecule has 3 aromatic rings. The van der Waals surface area contributed by atoms with Crippen molar-refractivity contribution < 1.29 is 18.7 Å². The Morgan fingerprint density at radius 2 is 1.82 bits per heavy atom. The van der Waals surface area contributed by atoms with Gasteiger partial charge in [0.15, 0.2) is 11.4 Å². The molecule has 0 radical (unpaired) electrons. The lowest BCUT2D eigenvalue weighted by molar-refractivity contribution is -0.144. The van der Waals surface area contributed by atoms with Crippen LogP contribution in [0.3, 0.4) is 0 Å². The summed E-state index contributed by atoms with van der Waals surface area (Å²) < 4.78 is 10.8. The molecule has 2 aromatic heterocycles. The highest BCUT2D eigenvalue weighted by Gasteiger charge is 2.25. The lowest BCUT2D eigenvalue weighted by atomic mass is 9.93. The van der Waals surface area contributed by atoms with Crippen molar-refractivity contribution in [2.24, 2.45) is 5.92 Å². The summed E-state index contributed by atoms with van der Waals surface area (Å²) in [4.78, 5) is 35.1. The first-order valence-electron chi connectivity index (χ1n) is 11.9. The molecule has 3 heterocycles. The van der Waals surface area contributed by atoms with E-state index in [9.17, 15) is 9.59 Å². The van der Waals surface area contributed by atoms with Gasteiger partial charge in [-0.05, 0) is 56.4 Å². The lowest BCUT2D eigenvalue weighted by Crippen LogP contribution is -2.35. The van der Waals surface area contributed by atoms with Crippen molar-refractivity contribution in [2.75, 3.05) is 35.2 Å². The Morgan fingerprint density at radius 3 is 2.53 bits per heavy atom. The van der Waals surface area contributed by atoms with Gasteiger partial charge in [-0.3, -0.25) is 9.59 Å². The second kappa shape index (κ2) is 11.0. The topological polar surface area (TPSA) is 110 Å². The van der Waals surface area contributed by atoms with Crippen molar-refractivity contribution in [3.63, 3.8) is 0 Å². The third kappa shape index (κ3) is 5.84. The third-order valence-electron chi connectivity index (χ3n) is 5.86. The predicted molar refractivity (Wildman–Crippen MR) is 131 cm³/mol. The Hall–Kier alpha value is -3.62. The molecule has 1 saturated heterocycles. The van der Waals surface area contributed by atoms with Crippen molar-refractivity contribution in [1.82, 2.24) is 9.97 Å². The number of hydrogen-bond donors (Lipinski definition) is 2. The zero-order valence-corrected chi connectivity index (χ0v) is 19.7. The molecule has 0 bridgehead atoms. The average molecular weight is 466 g/mol. The molecule has 1 amide bonds. The van der Waals surface area contributed by atoms with E-state index in [0.717, 1.165) is 55.1 Å². The number of esters is 1. The summed E-state index contributed by atoms with van der Waals surface area (Å²) in [6.45, 7) is 5.78. The number of nitrogens with zero attached hydrogens (tertiary/aromatic N) is 3. The first-order chi connectivity index (χ1) is 16.6. The lowest BCUT2D eigenvalue weighted by Gasteiger charge is -2.32. The van der Waals surface area contributed by atoms with Crippen LogP contribution in [0.5, 0.6) is 0 Å². The number of piperidine rings is 1. The van der Waals surface area contributed by atoms with E-state index >= 15 is 0 Å². The summed E-state index contributed by atoms with van der Waals surface area (Å²) in [6.07, 6.45) is 5.17. The van der Waals surface area contributed by atoms with Crippen LogP contribution in [0.2, 0.25) is 0 Å². The number of anilines is 4. The Labute approximate surface area is 198 Å². The predicted octanol–water partition coefficient (Wildman–Crippen LogP) is 4.87. The zero-order valence-electron chi connectivity index (χ0n) is 19.7. The van der Waals surface area contributed by atoms with Gasteiger partial charge in [-0.15, -0.1) is 0 Å². The van der Waals surface area contributed by atoms with E-state index in [1.165, 1.54) is 0 Å². The SMILES string of the molecule is CCCC(=O)Nc1ccc(Nc2nc(N3CCC(CC(=O)OCC)CC3)c3occc3n2)cc1. The van der Waals surface area contributed by atoms with E-state index in [0.29, 0.717) is 36.9 Å². The van der Waals surface area contributed by atoms with Crippen LogP contribution in [0.15, 0.2) is 41.0 Å². The first-order valence-corrected chi connectivity index (χ1v) is 11.9. The number of amides is 1. The van der Waals surface area contributed by atoms with E-state index in [1.807, 2.05) is 44.2 Å². The number of nitrogens with one attached hydrogen (secondary N) is 2. The quantitative estimate of drug-likeness (QED) is 0.431. The number of aromatic nitrogens is 2. The van der Waals surface area contributed by atoms with Crippen LogP contribution in [-0.4, -0.2) is 41.5 Å². The molecule has 34 heavy (non-hydrogen) atoms. The van der Waals surface area contributed by atoms with Gasteiger partial charge in [-0.1, -0.05) is 6.92 Å². The van der Waals surface area contributed by atoms with Crippen molar-refractivity contribution in [1.29, 1.82) is 0 Å². The highest BCUT2D eigenvalue weighted by molar-refractivity contribution is 5.91. The molecule has 1 fully saturated rings. The van der Waals surface area contributed by atoms with Gasteiger partial charge in [0.05, 0.1) is 12.9 Å². The molecular formula is C25H31N5O4. The Balaban J connectivity index is 1.44. The van der Waals surface area contributed by atoms with E-state index in [4.69, 9.17) is 14.1 Å². The van der Waals surface area contributed by atoms with Crippen LogP contribution in [0.25, 0.3) is 11.1 Å². The van der Waals surface area contributed by atoms with Crippen LogP contribution in [0.4, 0.5) is 23.1 Å². The van der Waals surface area contributed by atoms with Crippen LogP contribution in [-0.2, 0) is 14.3 Å². The van der Waals surface area contributed by atoms with Gasteiger partial charge in [-0.2, -0.15) is 4.98 Å². The number of carbonyl (C=O) groups is 2. The monoisotopic (exact) mass is 465 g/mol. The highest BCUT2D eigenvalue weighted by atomic mass is 16.5. The van der Waals surface area contributed by atoms with Crippen LogP contribution in [0.1, 0.15) is 46.0 Å². The Morgan fingerprint density at radius 1 is 1.09 bits per heavy atom. The van der Waals surface area contributed by atoms with Crippen molar-refractivity contribution in [3.8, 4) is 0 Å². The standard InChI is InChI=1S/C25H31N5O4/c1-3-5-21(31)26-18-6-8-19(9-7-18)27-25-28-20-12-15-34-23(20)24(29-25)30-13-10-17(11-14-30)16-22(32)33-4-2/h6-9,12,15,17H,3-5,10-11,13-14,16H2,1-2H3,(H,26,31)(H,27,28,29). The number of ether oxygens (including phenoxy) is 1. The second-order valence-corrected chi connectivity index (χ2v) is 8.45. The molecule has 0 spiro atoms. The zero-order chi connectivity index (χ0) is 23.9.